The van der Waals surface area contributed by atoms with Crippen LogP contribution in [0.25, 0.3) is 0 Å². The molecule has 0 saturated heterocycles. The Morgan fingerprint density at radius 1 is 1.19 bits per heavy atom. The molecule has 5 nitrogen and oxygen atoms in total. The van der Waals surface area contributed by atoms with E-state index in [9.17, 15) is 4.79 Å². The lowest BCUT2D eigenvalue weighted by atomic mass is 10.2. The molecule has 1 heterocycles. The fourth-order valence-corrected chi connectivity index (χ4v) is 1.77. The number of para-hydroxylation sites is 1. The molecule has 0 radical (unpaired) electrons. The number of nitrogens with one attached hydrogen (secondary N) is 1. The molecule has 0 unspecified atom stereocenters. The summed E-state index contributed by atoms with van der Waals surface area (Å²) in [6.07, 6.45) is 1.63. The third-order valence-electron chi connectivity index (χ3n) is 2.71. The molecule has 0 fully saturated rings. The van der Waals surface area contributed by atoms with Gasteiger partial charge >= 0.3 is 5.97 Å². The molecule has 1 aromatic heterocycles. The highest BCUT2D eigenvalue weighted by Crippen LogP contribution is 2.13. The van der Waals surface area contributed by atoms with Crippen molar-refractivity contribution in [2.24, 2.45) is 0 Å². The van der Waals surface area contributed by atoms with Crippen LogP contribution in [0.3, 0.4) is 0 Å². The number of hydrogen-bond acceptors (Lipinski definition) is 5. The van der Waals surface area contributed by atoms with Crippen LogP contribution in [0, 0.1) is 0 Å². The minimum Gasteiger partial charge on any atom is -0.492 e. The van der Waals surface area contributed by atoms with Crippen LogP contribution in [0.1, 0.15) is 17.3 Å². The summed E-state index contributed by atoms with van der Waals surface area (Å²) < 4.78 is 10.6. The molecule has 0 aliphatic rings. The standard InChI is InChI=1S/C16H18N2O3/c1-2-20-16(19)14-9-6-10-17-15(14)18-11-12-21-13-7-4-3-5-8-13/h3-10H,2,11-12H2,1H3,(H,17,18). The number of esters is 1. The van der Waals surface area contributed by atoms with Crippen molar-refractivity contribution in [2.75, 3.05) is 25.1 Å². The maximum Gasteiger partial charge on any atom is 0.341 e. The molecular formula is C16H18N2O3. The zero-order valence-corrected chi connectivity index (χ0v) is 11.9. The summed E-state index contributed by atoms with van der Waals surface area (Å²) >= 11 is 0. The quantitative estimate of drug-likeness (QED) is 0.626. The molecule has 0 aliphatic carbocycles. The zero-order valence-electron chi connectivity index (χ0n) is 11.9. The Morgan fingerprint density at radius 2 is 2.00 bits per heavy atom. The van der Waals surface area contributed by atoms with Gasteiger partial charge < -0.3 is 14.8 Å². The Bertz CT molecular complexity index is 573. The van der Waals surface area contributed by atoms with Gasteiger partial charge in [0.1, 0.15) is 23.7 Å². The predicted molar refractivity (Wildman–Crippen MR) is 80.6 cm³/mol. The van der Waals surface area contributed by atoms with Crippen LogP contribution in [0.15, 0.2) is 48.7 Å². The zero-order chi connectivity index (χ0) is 14.9. The lowest BCUT2D eigenvalue weighted by Crippen LogP contribution is -2.16. The van der Waals surface area contributed by atoms with E-state index in [1.165, 1.54) is 0 Å². The Balaban J connectivity index is 1.87. The fraction of sp³-hybridized carbons (Fsp3) is 0.250. The molecule has 0 aliphatic heterocycles. The lowest BCUT2D eigenvalue weighted by Gasteiger charge is -2.11. The van der Waals surface area contributed by atoms with Gasteiger partial charge in [0.2, 0.25) is 0 Å². The smallest absolute Gasteiger partial charge is 0.341 e. The van der Waals surface area contributed by atoms with Crippen molar-refractivity contribution in [1.29, 1.82) is 0 Å². The molecule has 110 valence electrons. The Morgan fingerprint density at radius 3 is 2.76 bits per heavy atom. The highest BCUT2D eigenvalue weighted by Gasteiger charge is 2.12. The summed E-state index contributed by atoms with van der Waals surface area (Å²) in [6.45, 7) is 3.13. The van der Waals surface area contributed by atoms with Gasteiger partial charge in [-0.05, 0) is 31.2 Å². The minimum absolute atomic E-state index is 0.338. The van der Waals surface area contributed by atoms with Crippen molar-refractivity contribution < 1.29 is 14.3 Å². The molecule has 5 heteroatoms. The SMILES string of the molecule is CCOC(=O)c1cccnc1NCCOc1ccccc1. The first-order valence-corrected chi connectivity index (χ1v) is 6.85. The molecule has 1 N–H and O–H groups in total. The van der Waals surface area contributed by atoms with Gasteiger partial charge in [-0.2, -0.15) is 0 Å². The highest BCUT2D eigenvalue weighted by atomic mass is 16.5. The van der Waals surface area contributed by atoms with E-state index in [1.807, 2.05) is 30.3 Å². The van der Waals surface area contributed by atoms with Crippen LogP contribution in [-0.2, 0) is 4.74 Å². The van der Waals surface area contributed by atoms with E-state index >= 15 is 0 Å². The van der Waals surface area contributed by atoms with E-state index in [0.717, 1.165) is 5.75 Å². The predicted octanol–water partition coefficient (Wildman–Crippen LogP) is 2.75. The first-order valence-electron chi connectivity index (χ1n) is 6.85. The maximum absolute atomic E-state index is 11.8. The number of rotatable bonds is 7. The molecule has 2 aromatic rings. The normalized spacial score (nSPS) is 9.95. The number of hydrogen-bond donors (Lipinski definition) is 1. The lowest BCUT2D eigenvalue weighted by molar-refractivity contribution is 0.0527. The molecule has 1 aromatic carbocycles. The number of carbonyl (C=O) groups is 1. The molecule has 0 bridgehead atoms. The number of benzene rings is 1. The second-order valence-electron chi connectivity index (χ2n) is 4.21. The van der Waals surface area contributed by atoms with E-state index in [1.54, 1.807) is 25.3 Å². The van der Waals surface area contributed by atoms with Crippen molar-refractivity contribution >= 4 is 11.8 Å². The van der Waals surface area contributed by atoms with Gasteiger partial charge in [-0.1, -0.05) is 18.2 Å². The van der Waals surface area contributed by atoms with Crippen molar-refractivity contribution in [2.45, 2.75) is 6.92 Å². The summed E-state index contributed by atoms with van der Waals surface area (Å²) in [7, 11) is 0. The number of anilines is 1. The number of ether oxygens (including phenoxy) is 2. The minimum atomic E-state index is -0.378. The van der Waals surface area contributed by atoms with Crippen LogP contribution < -0.4 is 10.1 Å². The van der Waals surface area contributed by atoms with E-state index in [0.29, 0.717) is 31.1 Å². The molecule has 0 amide bonds. The largest absolute Gasteiger partial charge is 0.492 e. The molecule has 2 rings (SSSR count). The number of pyridine rings is 1. The van der Waals surface area contributed by atoms with Crippen LogP contribution in [0.5, 0.6) is 5.75 Å². The topological polar surface area (TPSA) is 60.5 Å². The van der Waals surface area contributed by atoms with Gasteiger partial charge in [-0.3, -0.25) is 0 Å². The van der Waals surface area contributed by atoms with E-state index in [4.69, 9.17) is 9.47 Å². The summed E-state index contributed by atoms with van der Waals surface area (Å²) in [4.78, 5) is 15.9. The molecular weight excluding hydrogens is 268 g/mol. The summed E-state index contributed by atoms with van der Waals surface area (Å²) in [5.41, 5.74) is 0.430. The van der Waals surface area contributed by atoms with Crippen molar-refractivity contribution in [3.05, 3.63) is 54.2 Å². The van der Waals surface area contributed by atoms with Gasteiger partial charge in [-0.25, -0.2) is 9.78 Å². The maximum atomic E-state index is 11.8. The molecule has 0 saturated carbocycles. The molecule has 21 heavy (non-hydrogen) atoms. The van der Waals surface area contributed by atoms with Crippen molar-refractivity contribution in [1.82, 2.24) is 4.98 Å². The third-order valence-corrected chi connectivity index (χ3v) is 2.71. The van der Waals surface area contributed by atoms with Gasteiger partial charge in [-0.15, -0.1) is 0 Å². The second kappa shape index (κ2) is 7.89. The van der Waals surface area contributed by atoms with Crippen LogP contribution >= 0.6 is 0 Å². The second-order valence-corrected chi connectivity index (χ2v) is 4.21. The Hall–Kier alpha value is -2.56. The fourth-order valence-electron chi connectivity index (χ4n) is 1.77. The van der Waals surface area contributed by atoms with E-state index in [2.05, 4.69) is 10.3 Å². The third kappa shape index (κ3) is 4.49. The van der Waals surface area contributed by atoms with E-state index < -0.39 is 0 Å². The van der Waals surface area contributed by atoms with Crippen LogP contribution in [-0.4, -0.2) is 30.7 Å². The average molecular weight is 286 g/mol. The number of nitrogens with zero attached hydrogens (tertiary/aromatic N) is 1. The monoisotopic (exact) mass is 286 g/mol. The molecule has 0 atom stereocenters. The highest BCUT2D eigenvalue weighted by molar-refractivity contribution is 5.94. The van der Waals surface area contributed by atoms with Gasteiger partial charge in [0.25, 0.3) is 0 Å². The first-order chi connectivity index (χ1) is 10.3. The Kier molecular flexibility index (Phi) is 5.58. The number of aromatic nitrogens is 1. The van der Waals surface area contributed by atoms with Crippen LogP contribution in [0.4, 0.5) is 5.82 Å². The first kappa shape index (κ1) is 14.8. The van der Waals surface area contributed by atoms with Gasteiger partial charge in [0.05, 0.1) is 13.2 Å². The van der Waals surface area contributed by atoms with Gasteiger partial charge in [0.15, 0.2) is 0 Å². The van der Waals surface area contributed by atoms with E-state index in [-0.39, 0.29) is 5.97 Å². The van der Waals surface area contributed by atoms with Crippen LogP contribution in [0.2, 0.25) is 0 Å². The molecule has 0 spiro atoms. The summed E-state index contributed by atoms with van der Waals surface area (Å²) in [6, 6.07) is 12.9. The summed E-state index contributed by atoms with van der Waals surface area (Å²) in [5, 5.41) is 3.09. The van der Waals surface area contributed by atoms with Crippen molar-refractivity contribution in [3.8, 4) is 5.75 Å². The average Bonchev–Trinajstić information content (AvgIpc) is 2.53. The van der Waals surface area contributed by atoms with Crippen molar-refractivity contribution in [3.63, 3.8) is 0 Å². The number of carbonyl (C=O) groups excluding carboxylic acids is 1. The summed E-state index contributed by atoms with van der Waals surface area (Å²) in [5.74, 6) is 0.940. The van der Waals surface area contributed by atoms with Gasteiger partial charge in [0, 0.05) is 6.20 Å². The Labute approximate surface area is 123 Å².